The molecule has 2 aromatic rings. The summed E-state index contributed by atoms with van der Waals surface area (Å²) in [5.41, 5.74) is 6.72. The summed E-state index contributed by atoms with van der Waals surface area (Å²) in [6.45, 7) is 9.37. The van der Waals surface area contributed by atoms with Crippen molar-refractivity contribution in [2.24, 2.45) is 0 Å². The molecule has 3 N–H and O–H groups in total. The van der Waals surface area contributed by atoms with E-state index in [-0.39, 0.29) is 29.1 Å². The third kappa shape index (κ3) is 7.02. The van der Waals surface area contributed by atoms with Gasteiger partial charge in [-0.2, -0.15) is 0 Å². The molecule has 1 aliphatic heterocycles. The van der Waals surface area contributed by atoms with Crippen molar-refractivity contribution < 1.29 is 23.5 Å². The molecule has 1 heterocycles. The number of carbonyl (C=O) groups is 2. The number of nitrogens with two attached hydrogens (primary N) is 1. The largest absolute Gasteiger partial charge is 0.494 e. The fourth-order valence-electron chi connectivity index (χ4n) is 3.94. The number of likely N-dealkylation sites (N-methyl/N-ethyl adjacent to an activating group) is 1. The van der Waals surface area contributed by atoms with Crippen molar-refractivity contribution in [1.82, 2.24) is 4.90 Å². The lowest BCUT2D eigenvalue weighted by Crippen LogP contribution is -2.42. The summed E-state index contributed by atoms with van der Waals surface area (Å²) >= 11 is 0. The van der Waals surface area contributed by atoms with E-state index in [1.165, 1.54) is 12.1 Å². The van der Waals surface area contributed by atoms with E-state index in [1.807, 2.05) is 25.7 Å². The molecule has 3 rings (SSSR count). The van der Waals surface area contributed by atoms with E-state index in [9.17, 15) is 14.0 Å². The Morgan fingerprint density at radius 2 is 1.97 bits per heavy atom. The molecule has 1 unspecified atom stereocenters. The molecule has 1 aliphatic rings. The standard InChI is InChI=1S/C27H37FN4O4/c1-6-7-14-35-20-9-10-21(23(29)16-20)25(33)30-24-11-8-18(15-22(24)28)32-13-12-19(17-32)31(5)26(34)36-27(2,3)4/h8-11,15-16,19H,6-7,12-14,17,29H2,1-5H3,(H,30,33). The monoisotopic (exact) mass is 500 g/mol. The number of carbonyl (C=O) groups excluding carboxylic acids is 2. The maximum absolute atomic E-state index is 14.9. The number of nitrogens with zero attached hydrogens (tertiary/aromatic N) is 2. The second-order valence-corrected chi connectivity index (χ2v) is 10.0. The zero-order valence-corrected chi connectivity index (χ0v) is 21.8. The Bertz CT molecular complexity index is 1090. The topological polar surface area (TPSA) is 97.1 Å². The second kappa shape index (κ2) is 11.5. The number of hydrogen-bond donors (Lipinski definition) is 2. The number of ether oxygens (including phenoxy) is 2. The molecule has 1 fully saturated rings. The van der Waals surface area contributed by atoms with E-state index in [2.05, 4.69) is 12.2 Å². The zero-order chi connectivity index (χ0) is 26.5. The van der Waals surface area contributed by atoms with Crippen molar-refractivity contribution in [3.63, 3.8) is 0 Å². The van der Waals surface area contributed by atoms with Crippen LogP contribution < -0.4 is 20.7 Å². The van der Waals surface area contributed by atoms with Gasteiger partial charge in [-0.05, 0) is 63.9 Å². The van der Waals surface area contributed by atoms with Gasteiger partial charge in [0.25, 0.3) is 5.91 Å². The third-order valence-corrected chi connectivity index (χ3v) is 5.99. The first-order valence-electron chi connectivity index (χ1n) is 12.3. The number of hydrogen-bond acceptors (Lipinski definition) is 6. The van der Waals surface area contributed by atoms with Crippen LogP contribution in [0.25, 0.3) is 0 Å². The summed E-state index contributed by atoms with van der Waals surface area (Å²) in [7, 11) is 1.72. The van der Waals surface area contributed by atoms with Crippen LogP contribution in [0, 0.1) is 5.82 Å². The highest BCUT2D eigenvalue weighted by molar-refractivity contribution is 6.08. The molecule has 0 radical (unpaired) electrons. The highest BCUT2D eigenvalue weighted by Gasteiger charge is 2.31. The summed E-state index contributed by atoms with van der Waals surface area (Å²) in [6.07, 6.45) is 2.31. The van der Waals surface area contributed by atoms with Crippen molar-refractivity contribution in [1.29, 1.82) is 0 Å². The SMILES string of the molecule is CCCCOc1ccc(C(=O)Nc2ccc(N3CCC(N(C)C(=O)OC(C)(C)C)C3)cc2F)c(N)c1. The van der Waals surface area contributed by atoms with Crippen LogP contribution in [0.1, 0.15) is 57.3 Å². The normalized spacial score (nSPS) is 15.5. The van der Waals surface area contributed by atoms with Gasteiger partial charge in [0.15, 0.2) is 0 Å². The molecular formula is C27H37FN4O4. The van der Waals surface area contributed by atoms with E-state index in [4.69, 9.17) is 15.2 Å². The average Bonchev–Trinajstić information content (AvgIpc) is 3.29. The van der Waals surface area contributed by atoms with Gasteiger partial charge in [0.1, 0.15) is 17.2 Å². The molecule has 2 amide bonds. The van der Waals surface area contributed by atoms with E-state index in [1.54, 1.807) is 36.2 Å². The van der Waals surface area contributed by atoms with Crippen molar-refractivity contribution >= 4 is 29.1 Å². The molecule has 1 saturated heterocycles. The fraction of sp³-hybridized carbons (Fsp3) is 0.481. The molecule has 0 saturated carbocycles. The predicted molar refractivity (Wildman–Crippen MR) is 140 cm³/mol. The summed E-state index contributed by atoms with van der Waals surface area (Å²) in [6, 6.07) is 9.48. The molecule has 0 aromatic heterocycles. The van der Waals surface area contributed by atoms with E-state index in [0.29, 0.717) is 31.1 Å². The average molecular weight is 501 g/mol. The highest BCUT2D eigenvalue weighted by atomic mass is 19.1. The Morgan fingerprint density at radius 1 is 1.22 bits per heavy atom. The summed E-state index contributed by atoms with van der Waals surface area (Å²) in [4.78, 5) is 28.7. The Kier molecular flexibility index (Phi) is 8.66. The zero-order valence-electron chi connectivity index (χ0n) is 21.8. The quantitative estimate of drug-likeness (QED) is 0.378. The molecule has 8 nitrogen and oxygen atoms in total. The fourth-order valence-corrected chi connectivity index (χ4v) is 3.94. The molecule has 1 atom stereocenters. The van der Waals surface area contributed by atoms with Crippen molar-refractivity contribution in [3.8, 4) is 5.75 Å². The van der Waals surface area contributed by atoms with Gasteiger partial charge in [-0.1, -0.05) is 13.3 Å². The number of anilines is 3. The van der Waals surface area contributed by atoms with Gasteiger partial charge in [-0.25, -0.2) is 9.18 Å². The van der Waals surface area contributed by atoms with Crippen LogP contribution in [0.15, 0.2) is 36.4 Å². The number of benzene rings is 2. The number of halogens is 1. The van der Waals surface area contributed by atoms with Gasteiger partial charge < -0.3 is 30.3 Å². The summed E-state index contributed by atoms with van der Waals surface area (Å²) in [5.74, 6) is -0.461. The number of nitrogens with one attached hydrogen (secondary N) is 1. The van der Waals surface area contributed by atoms with Crippen LogP contribution in [-0.2, 0) is 4.74 Å². The molecule has 0 bridgehead atoms. The van der Waals surface area contributed by atoms with Gasteiger partial charge in [0.05, 0.1) is 23.9 Å². The Balaban J connectivity index is 1.61. The van der Waals surface area contributed by atoms with Crippen LogP contribution in [0.4, 0.5) is 26.2 Å². The number of amides is 2. The van der Waals surface area contributed by atoms with Gasteiger partial charge in [0, 0.05) is 37.6 Å². The maximum atomic E-state index is 14.9. The molecule has 0 aliphatic carbocycles. The van der Waals surface area contributed by atoms with Gasteiger partial charge in [-0.15, -0.1) is 0 Å². The first-order chi connectivity index (χ1) is 17.0. The van der Waals surface area contributed by atoms with Gasteiger partial charge in [-0.3, -0.25) is 4.79 Å². The number of unbranched alkanes of at least 4 members (excludes halogenated alkanes) is 1. The van der Waals surface area contributed by atoms with Gasteiger partial charge in [0.2, 0.25) is 0 Å². The van der Waals surface area contributed by atoms with Crippen molar-refractivity contribution in [2.75, 3.05) is 42.7 Å². The first-order valence-corrected chi connectivity index (χ1v) is 12.3. The predicted octanol–water partition coefficient (Wildman–Crippen LogP) is 5.28. The number of rotatable bonds is 8. The smallest absolute Gasteiger partial charge is 0.410 e. The minimum Gasteiger partial charge on any atom is -0.494 e. The summed E-state index contributed by atoms with van der Waals surface area (Å²) < 4.78 is 26.0. The molecule has 2 aromatic carbocycles. The Hall–Kier alpha value is -3.49. The minimum atomic E-state index is -0.567. The first kappa shape index (κ1) is 27.1. The van der Waals surface area contributed by atoms with E-state index in [0.717, 1.165) is 19.3 Å². The van der Waals surface area contributed by atoms with Crippen LogP contribution in [0.3, 0.4) is 0 Å². The van der Waals surface area contributed by atoms with Crippen LogP contribution in [0.2, 0.25) is 0 Å². The Morgan fingerprint density at radius 3 is 2.61 bits per heavy atom. The maximum Gasteiger partial charge on any atom is 0.410 e. The molecule has 196 valence electrons. The molecule has 9 heteroatoms. The van der Waals surface area contributed by atoms with Crippen LogP contribution >= 0.6 is 0 Å². The lowest BCUT2D eigenvalue weighted by atomic mass is 10.1. The van der Waals surface area contributed by atoms with Crippen molar-refractivity contribution in [3.05, 3.63) is 47.8 Å². The van der Waals surface area contributed by atoms with Crippen LogP contribution in [-0.4, -0.2) is 55.3 Å². The minimum absolute atomic E-state index is 0.0424. The lowest BCUT2D eigenvalue weighted by molar-refractivity contribution is 0.0237. The molecule has 36 heavy (non-hydrogen) atoms. The Labute approximate surface area is 212 Å². The number of nitrogen functional groups attached to an aromatic ring is 1. The van der Waals surface area contributed by atoms with E-state index < -0.39 is 17.3 Å². The molecule has 0 spiro atoms. The third-order valence-electron chi connectivity index (χ3n) is 5.99. The van der Waals surface area contributed by atoms with Crippen LogP contribution in [0.5, 0.6) is 5.75 Å². The molecular weight excluding hydrogens is 463 g/mol. The highest BCUT2D eigenvalue weighted by Crippen LogP contribution is 2.28. The van der Waals surface area contributed by atoms with Crippen molar-refractivity contribution in [2.45, 2.75) is 58.6 Å². The lowest BCUT2D eigenvalue weighted by Gasteiger charge is -2.29. The van der Waals surface area contributed by atoms with Gasteiger partial charge >= 0.3 is 6.09 Å². The summed E-state index contributed by atoms with van der Waals surface area (Å²) in [5, 5.41) is 2.60. The van der Waals surface area contributed by atoms with E-state index >= 15 is 0 Å². The second-order valence-electron chi connectivity index (χ2n) is 10.0.